The zero-order valence-electron chi connectivity index (χ0n) is 11.3. The number of hydrogen-bond acceptors (Lipinski definition) is 3. The van der Waals surface area contributed by atoms with E-state index in [1.165, 1.54) is 18.2 Å². The van der Waals surface area contributed by atoms with E-state index in [1.807, 2.05) is 31.2 Å². The third-order valence-electron chi connectivity index (χ3n) is 2.96. The average molecular weight is 305 g/mol. The first-order valence-electron chi connectivity index (χ1n) is 6.25. The van der Waals surface area contributed by atoms with E-state index < -0.39 is 10.8 Å². The van der Waals surface area contributed by atoms with Crippen molar-refractivity contribution >= 4 is 23.2 Å². The van der Waals surface area contributed by atoms with Gasteiger partial charge in [0.2, 0.25) is 0 Å². The number of amides is 1. The van der Waals surface area contributed by atoms with Crippen LogP contribution in [0, 0.1) is 17.0 Å². The van der Waals surface area contributed by atoms with Gasteiger partial charge in [-0.2, -0.15) is 0 Å². The normalized spacial score (nSPS) is 10.2. The number of carbonyl (C=O) groups excluding carboxylic acids is 1. The van der Waals surface area contributed by atoms with Gasteiger partial charge in [-0.1, -0.05) is 47.5 Å². The van der Waals surface area contributed by atoms with Crippen LogP contribution in [0.25, 0.3) is 0 Å². The van der Waals surface area contributed by atoms with Gasteiger partial charge in [-0.15, -0.1) is 0 Å². The van der Waals surface area contributed by atoms with Gasteiger partial charge in [0.15, 0.2) is 0 Å². The number of carbonyl (C=O) groups is 1. The van der Waals surface area contributed by atoms with Crippen molar-refractivity contribution in [3.63, 3.8) is 0 Å². The van der Waals surface area contributed by atoms with Crippen molar-refractivity contribution < 1.29 is 9.72 Å². The smallest absolute Gasteiger partial charge is 0.288 e. The minimum absolute atomic E-state index is 0.0959. The first kappa shape index (κ1) is 15.0. The van der Waals surface area contributed by atoms with Gasteiger partial charge in [0.25, 0.3) is 11.6 Å². The Bertz CT molecular complexity index is 701. The molecule has 0 aliphatic rings. The van der Waals surface area contributed by atoms with Gasteiger partial charge < -0.3 is 5.32 Å². The van der Waals surface area contributed by atoms with Gasteiger partial charge in [0, 0.05) is 12.6 Å². The van der Waals surface area contributed by atoms with Gasteiger partial charge in [0.05, 0.1) is 10.5 Å². The second-order valence-electron chi connectivity index (χ2n) is 4.57. The molecule has 1 amide bonds. The van der Waals surface area contributed by atoms with Crippen molar-refractivity contribution in [1.29, 1.82) is 0 Å². The third-order valence-corrected chi connectivity index (χ3v) is 3.35. The average Bonchev–Trinajstić information content (AvgIpc) is 2.45. The quantitative estimate of drug-likeness (QED) is 0.694. The topological polar surface area (TPSA) is 72.2 Å². The minimum atomic E-state index is -0.611. The largest absolute Gasteiger partial charge is 0.348 e. The van der Waals surface area contributed by atoms with Crippen molar-refractivity contribution in [2.75, 3.05) is 0 Å². The van der Waals surface area contributed by atoms with Crippen LogP contribution >= 0.6 is 11.6 Å². The molecule has 2 rings (SSSR count). The fraction of sp³-hybridized carbons (Fsp3) is 0.133. The van der Waals surface area contributed by atoms with Crippen LogP contribution in [0.2, 0.25) is 5.02 Å². The number of rotatable bonds is 4. The van der Waals surface area contributed by atoms with E-state index in [0.717, 1.165) is 11.1 Å². The molecule has 0 bridgehead atoms. The van der Waals surface area contributed by atoms with Crippen molar-refractivity contribution in [3.8, 4) is 0 Å². The molecule has 0 aliphatic carbocycles. The van der Waals surface area contributed by atoms with Gasteiger partial charge in [-0.05, 0) is 18.6 Å². The van der Waals surface area contributed by atoms with Crippen LogP contribution in [-0.4, -0.2) is 10.8 Å². The van der Waals surface area contributed by atoms with Crippen molar-refractivity contribution in [1.82, 2.24) is 5.32 Å². The molecule has 0 heterocycles. The Labute approximate surface area is 126 Å². The Balaban J connectivity index is 2.14. The molecule has 0 fully saturated rings. The molecule has 0 aromatic heterocycles. The number of hydrogen-bond donors (Lipinski definition) is 1. The van der Waals surface area contributed by atoms with E-state index in [-0.39, 0.29) is 16.3 Å². The van der Waals surface area contributed by atoms with E-state index in [2.05, 4.69) is 5.32 Å². The summed E-state index contributed by atoms with van der Waals surface area (Å²) >= 11 is 5.90. The van der Waals surface area contributed by atoms with E-state index in [9.17, 15) is 14.9 Å². The number of nitro groups is 1. The molecule has 0 radical (unpaired) electrons. The Morgan fingerprint density at radius 2 is 2.00 bits per heavy atom. The predicted molar refractivity (Wildman–Crippen MR) is 80.5 cm³/mol. The lowest BCUT2D eigenvalue weighted by Crippen LogP contribution is -2.23. The first-order chi connectivity index (χ1) is 9.99. The molecule has 21 heavy (non-hydrogen) atoms. The first-order valence-corrected chi connectivity index (χ1v) is 6.63. The van der Waals surface area contributed by atoms with E-state index in [0.29, 0.717) is 6.54 Å². The summed E-state index contributed by atoms with van der Waals surface area (Å²) in [7, 11) is 0. The van der Waals surface area contributed by atoms with E-state index in [1.54, 1.807) is 0 Å². The maximum absolute atomic E-state index is 12.1. The van der Waals surface area contributed by atoms with Gasteiger partial charge >= 0.3 is 0 Å². The molecule has 0 saturated carbocycles. The third kappa shape index (κ3) is 3.58. The summed E-state index contributed by atoms with van der Waals surface area (Å²) < 4.78 is 0. The molecule has 1 N–H and O–H groups in total. The fourth-order valence-electron chi connectivity index (χ4n) is 1.94. The molecule has 0 atom stereocenters. The monoisotopic (exact) mass is 304 g/mol. The van der Waals surface area contributed by atoms with E-state index >= 15 is 0 Å². The number of benzene rings is 2. The van der Waals surface area contributed by atoms with Gasteiger partial charge in [-0.25, -0.2) is 0 Å². The zero-order chi connectivity index (χ0) is 15.4. The minimum Gasteiger partial charge on any atom is -0.348 e. The van der Waals surface area contributed by atoms with Crippen LogP contribution in [0.3, 0.4) is 0 Å². The maximum Gasteiger partial charge on any atom is 0.288 e. The molecule has 2 aromatic rings. The predicted octanol–water partition coefficient (Wildman–Crippen LogP) is 3.49. The summed E-state index contributed by atoms with van der Waals surface area (Å²) in [5.41, 5.74) is 1.86. The molecule has 0 spiro atoms. The summed E-state index contributed by atoms with van der Waals surface area (Å²) in [5.74, 6) is -0.440. The molecule has 5 nitrogen and oxygen atoms in total. The Morgan fingerprint density at radius 3 is 2.67 bits per heavy atom. The van der Waals surface area contributed by atoms with Crippen molar-refractivity contribution in [2.24, 2.45) is 0 Å². The Morgan fingerprint density at radius 1 is 1.29 bits per heavy atom. The molecule has 108 valence electrons. The summed E-state index contributed by atoms with van der Waals surface area (Å²) in [6, 6.07) is 11.9. The number of aryl methyl sites for hydroxylation is 1. The highest BCUT2D eigenvalue weighted by Gasteiger charge is 2.19. The van der Waals surface area contributed by atoms with Crippen LogP contribution in [0.15, 0.2) is 42.5 Å². The fourth-order valence-corrected chi connectivity index (χ4v) is 2.22. The summed E-state index contributed by atoms with van der Waals surface area (Å²) in [6.07, 6.45) is 0. The number of nitrogens with zero attached hydrogens (tertiary/aromatic N) is 1. The summed E-state index contributed by atoms with van der Waals surface area (Å²) in [4.78, 5) is 22.3. The highest BCUT2D eigenvalue weighted by atomic mass is 35.5. The Hall–Kier alpha value is -2.40. The van der Waals surface area contributed by atoms with Crippen molar-refractivity contribution in [2.45, 2.75) is 13.5 Å². The van der Waals surface area contributed by atoms with Crippen LogP contribution in [0.4, 0.5) is 5.69 Å². The SMILES string of the molecule is Cc1cccc(CNC(=O)c2cccc([N+](=O)[O-])c2Cl)c1. The van der Waals surface area contributed by atoms with Gasteiger partial charge in [0.1, 0.15) is 5.02 Å². The molecule has 0 aliphatic heterocycles. The summed E-state index contributed by atoms with van der Waals surface area (Å²) in [6.45, 7) is 2.29. The molecule has 0 unspecified atom stereocenters. The van der Waals surface area contributed by atoms with Crippen molar-refractivity contribution in [3.05, 3.63) is 74.3 Å². The van der Waals surface area contributed by atoms with Gasteiger partial charge in [-0.3, -0.25) is 14.9 Å². The number of nitro benzene ring substituents is 1. The molecule has 0 saturated heterocycles. The standard InChI is InChI=1S/C15H13ClN2O3/c1-10-4-2-5-11(8-10)9-17-15(19)12-6-3-7-13(14(12)16)18(20)21/h2-8H,9H2,1H3,(H,17,19). The molecule has 2 aromatic carbocycles. The lowest BCUT2D eigenvalue weighted by Gasteiger charge is -2.07. The van der Waals surface area contributed by atoms with Crippen LogP contribution < -0.4 is 5.32 Å². The molecule has 6 heteroatoms. The molecular formula is C15H13ClN2O3. The van der Waals surface area contributed by atoms with Crippen LogP contribution in [0.5, 0.6) is 0 Å². The number of halogens is 1. The summed E-state index contributed by atoms with van der Waals surface area (Å²) in [5, 5.41) is 13.4. The highest BCUT2D eigenvalue weighted by Crippen LogP contribution is 2.27. The Kier molecular flexibility index (Phi) is 4.55. The number of nitrogens with one attached hydrogen (secondary N) is 1. The van der Waals surface area contributed by atoms with Crippen LogP contribution in [-0.2, 0) is 6.54 Å². The second-order valence-corrected chi connectivity index (χ2v) is 4.95. The maximum atomic E-state index is 12.1. The lowest BCUT2D eigenvalue weighted by atomic mass is 10.1. The zero-order valence-corrected chi connectivity index (χ0v) is 12.1. The molecular weight excluding hydrogens is 292 g/mol. The highest BCUT2D eigenvalue weighted by molar-refractivity contribution is 6.35. The second kappa shape index (κ2) is 6.37. The van der Waals surface area contributed by atoms with Crippen LogP contribution in [0.1, 0.15) is 21.5 Å². The lowest BCUT2D eigenvalue weighted by molar-refractivity contribution is -0.384. The van der Waals surface area contributed by atoms with E-state index in [4.69, 9.17) is 11.6 Å².